The summed E-state index contributed by atoms with van der Waals surface area (Å²) in [5.74, 6) is -0.0338. The number of halogens is 4. The van der Waals surface area contributed by atoms with Crippen LogP contribution in [0.2, 0.25) is 5.02 Å². The first-order valence-corrected chi connectivity index (χ1v) is 6.06. The van der Waals surface area contributed by atoms with E-state index in [-0.39, 0.29) is 29.2 Å². The maximum atomic E-state index is 13.0. The molecule has 0 amide bonds. The summed E-state index contributed by atoms with van der Waals surface area (Å²) in [6.07, 6.45) is -4.44. The molecule has 1 aromatic rings. The second-order valence-electron chi connectivity index (χ2n) is 4.63. The molecule has 0 radical (unpaired) electrons. The highest BCUT2D eigenvalue weighted by atomic mass is 35.5. The molecule has 1 fully saturated rings. The van der Waals surface area contributed by atoms with Crippen LogP contribution in [0, 0.1) is 0 Å². The summed E-state index contributed by atoms with van der Waals surface area (Å²) in [7, 11) is 0. The number of alkyl halides is 3. The summed E-state index contributed by atoms with van der Waals surface area (Å²) in [5.41, 5.74) is 0.239. The summed E-state index contributed by atoms with van der Waals surface area (Å²) in [6, 6.07) is 2.62. The van der Waals surface area contributed by atoms with E-state index in [4.69, 9.17) is 16.3 Å². The van der Waals surface area contributed by atoms with Crippen molar-refractivity contribution in [1.29, 1.82) is 0 Å². The Morgan fingerprint density at radius 2 is 2.06 bits per heavy atom. The number of fused-ring (bicyclic) bond motifs is 3. The van der Waals surface area contributed by atoms with Crippen LogP contribution in [0.5, 0.6) is 0 Å². The molecule has 2 nitrogen and oxygen atoms in total. The van der Waals surface area contributed by atoms with Crippen LogP contribution in [-0.2, 0) is 17.5 Å². The SMILES string of the molecule is FC(F)(F)c1cc(Cl)cc2c1CO[C@@H]1CNC[C@H]21. The lowest BCUT2D eigenvalue weighted by atomic mass is 9.87. The summed E-state index contributed by atoms with van der Waals surface area (Å²) in [5, 5.41) is 3.27. The van der Waals surface area contributed by atoms with Crippen LogP contribution in [0.4, 0.5) is 13.2 Å². The molecular formula is C12H11ClF3NO. The van der Waals surface area contributed by atoms with Gasteiger partial charge in [-0.2, -0.15) is 13.2 Å². The average Bonchev–Trinajstić information content (AvgIpc) is 2.74. The minimum absolute atomic E-state index is 0.00416. The first-order chi connectivity index (χ1) is 8.47. The molecule has 2 heterocycles. The molecule has 18 heavy (non-hydrogen) atoms. The molecule has 98 valence electrons. The van der Waals surface area contributed by atoms with Gasteiger partial charge in [0.25, 0.3) is 0 Å². The minimum Gasteiger partial charge on any atom is -0.372 e. The Hall–Kier alpha value is -0.780. The third kappa shape index (κ3) is 1.90. The van der Waals surface area contributed by atoms with E-state index in [1.807, 2.05) is 0 Å². The number of nitrogens with one attached hydrogen (secondary N) is 1. The Bertz CT molecular complexity index is 489. The van der Waals surface area contributed by atoms with Crippen LogP contribution in [0.25, 0.3) is 0 Å². The predicted octanol–water partition coefficient (Wildman–Crippen LogP) is 2.94. The van der Waals surface area contributed by atoms with Gasteiger partial charge in [0.15, 0.2) is 0 Å². The van der Waals surface area contributed by atoms with Gasteiger partial charge in [-0.1, -0.05) is 11.6 Å². The van der Waals surface area contributed by atoms with Crippen molar-refractivity contribution in [2.45, 2.75) is 24.8 Å². The predicted molar refractivity (Wildman–Crippen MR) is 60.6 cm³/mol. The minimum atomic E-state index is -4.39. The number of ether oxygens (including phenoxy) is 1. The third-order valence-corrected chi connectivity index (χ3v) is 3.77. The third-order valence-electron chi connectivity index (χ3n) is 3.55. The summed E-state index contributed by atoms with van der Waals surface area (Å²) in [4.78, 5) is 0. The molecule has 0 unspecified atom stereocenters. The van der Waals surface area contributed by atoms with Crippen LogP contribution in [0.15, 0.2) is 12.1 Å². The highest BCUT2D eigenvalue weighted by molar-refractivity contribution is 6.30. The van der Waals surface area contributed by atoms with Gasteiger partial charge in [0.2, 0.25) is 0 Å². The lowest BCUT2D eigenvalue weighted by Gasteiger charge is -2.30. The van der Waals surface area contributed by atoms with Gasteiger partial charge in [0.05, 0.1) is 18.3 Å². The van der Waals surface area contributed by atoms with Gasteiger partial charge >= 0.3 is 6.18 Å². The standard InChI is InChI=1S/C12H11ClF3NO/c13-6-1-7-8-3-17-4-11(8)18-5-9(7)10(2-6)12(14,15)16/h1-2,8,11,17H,3-5H2/t8-,11-/m1/s1. The molecule has 1 aromatic carbocycles. The highest BCUT2D eigenvalue weighted by Gasteiger charge is 2.41. The number of hydrogen-bond donors (Lipinski definition) is 1. The zero-order valence-corrected chi connectivity index (χ0v) is 10.1. The Labute approximate surface area is 107 Å². The fourth-order valence-electron chi connectivity index (χ4n) is 2.73. The zero-order valence-electron chi connectivity index (χ0n) is 9.35. The van der Waals surface area contributed by atoms with Crippen molar-refractivity contribution in [3.63, 3.8) is 0 Å². The fourth-order valence-corrected chi connectivity index (χ4v) is 2.96. The maximum Gasteiger partial charge on any atom is 0.416 e. The number of benzene rings is 1. The molecule has 0 aliphatic carbocycles. The number of hydrogen-bond acceptors (Lipinski definition) is 2. The largest absolute Gasteiger partial charge is 0.416 e. The molecule has 0 saturated carbocycles. The van der Waals surface area contributed by atoms with Gasteiger partial charge in [-0.05, 0) is 23.3 Å². The Kier molecular flexibility index (Phi) is 2.80. The molecule has 3 rings (SSSR count). The first kappa shape index (κ1) is 12.3. The Morgan fingerprint density at radius 3 is 2.78 bits per heavy atom. The van der Waals surface area contributed by atoms with Gasteiger partial charge < -0.3 is 10.1 Å². The monoisotopic (exact) mass is 277 g/mol. The molecule has 2 aliphatic rings. The molecule has 2 atom stereocenters. The Morgan fingerprint density at radius 1 is 1.28 bits per heavy atom. The van der Waals surface area contributed by atoms with Crippen LogP contribution in [0.3, 0.4) is 0 Å². The number of rotatable bonds is 0. The normalized spacial score (nSPS) is 26.9. The topological polar surface area (TPSA) is 21.3 Å². The average molecular weight is 278 g/mol. The molecular weight excluding hydrogens is 267 g/mol. The van der Waals surface area contributed by atoms with Gasteiger partial charge in [-0.3, -0.25) is 0 Å². The van der Waals surface area contributed by atoms with E-state index < -0.39 is 11.7 Å². The molecule has 2 aliphatic heterocycles. The second-order valence-corrected chi connectivity index (χ2v) is 5.07. The van der Waals surface area contributed by atoms with E-state index >= 15 is 0 Å². The quantitative estimate of drug-likeness (QED) is 0.787. The van der Waals surface area contributed by atoms with Crippen LogP contribution in [0.1, 0.15) is 22.6 Å². The van der Waals surface area contributed by atoms with E-state index in [1.54, 1.807) is 6.07 Å². The summed E-state index contributed by atoms with van der Waals surface area (Å²) >= 11 is 5.82. The fraction of sp³-hybridized carbons (Fsp3) is 0.500. The van der Waals surface area contributed by atoms with Crippen molar-refractivity contribution in [3.05, 3.63) is 33.8 Å². The van der Waals surface area contributed by atoms with E-state index in [0.29, 0.717) is 18.7 Å². The molecule has 0 bridgehead atoms. The lowest BCUT2D eigenvalue weighted by Crippen LogP contribution is -2.28. The smallest absolute Gasteiger partial charge is 0.372 e. The van der Waals surface area contributed by atoms with Crippen LogP contribution < -0.4 is 5.32 Å². The van der Waals surface area contributed by atoms with Gasteiger partial charge in [-0.25, -0.2) is 0 Å². The van der Waals surface area contributed by atoms with Crippen molar-refractivity contribution in [2.75, 3.05) is 13.1 Å². The highest BCUT2D eigenvalue weighted by Crippen LogP contribution is 2.42. The van der Waals surface area contributed by atoms with Crippen molar-refractivity contribution in [3.8, 4) is 0 Å². The van der Waals surface area contributed by atoms with E-state index in [0.717, 1.165) is 6.07 Å². The van der Waals surface area contributed by atoms with Crippen molar-refractivity contribution in [1.82, 2.24) is 5.32 Å². The van der Waals surface area contributed by atoms with E-state index in [1.165, 1.54) is 0 Å². The van der Waals surface area contributed by atoms with Crippen molar-refractivity contribution >= 4 is 11.6 Å². The van der Waals surface area contributed by atoms with Gasteiger partial charge in [0.1, 0.15) is 0 Å². The molecule has 0 spiro atoms. The first-order valence-electron chi connectivity index (χ1n) is 5.68. The van der Waals surface area contributed by atoms with Crippen LogP contribution >= 0.6 is 11.6 Å². The van der Waals surface area contributed by atoms with Gasteiger partial charge in [-0.15, -0.1) is 0 Å². The zero-order chi connectivity index (χ0) is 12.9. The second kappa shape index (κ2) is 4.11. The summed E-state index contributed by atoms with van der Waals surface area (Å²) in [6.45, 7) is 1.32. The van der Waals surface area contributed by atoms with Gasteiger partial charge in [0, 0.05) is 24.0 Å². The van der Waals surface area contributed by atoms with Crippen molar-refractivity contribution < 1.29 is 17.9 Å². The molecule has 1 saturated heterocycles. The molecule has 1 N–H and O–H groups in total. The van der Waals surface area contributed by atoms with Crippen molar-refractivity contribution in [2.24, 2.45) is 0 Å². The van der Waals surface area contributed by atoms with E-state index in [9.17, 15) is 13.2 Å². The lowest BCUT2D eigenvalue weighted by molar-refractivity contribution is -0.139. The Balaban J connectivity index is 2.15. The van der Waals surface area contributed by atoms with E-state index in [2.05, 4.69) is 5.32 Å². The summed E-state index contributed by atoms with van der Waals surface area (Å²) < 4.78 is 44.4. The molecule has 0 aromatic heterocycles. The van der Waals surface area contributed by atoms with Crippen LogP contribution in [-0.4, -0.2) is 19.2 Å². The maximum absolute atomic E-state index is 13.0. The molecule has 6 heteroatoms.